The molecule has 1 aromatic carbocycles. The van der Waals surface area contributed by atoms with E-state index in [1.54, 1.807) is 24.3 Å². The number of carbonyl (C=O) groups excluding carboxylic acids is 1. The first-order chi connectivity index (χ1) is 12.2. The third-order valence-electron chi connectivity index (χ3n) is 3.89. The third-order valence-corrected chi connectivity index (χ3v) is 5.45. The molecular formula is C18H24N2O5S. The maximum atomic E-state index is 12.7. The van der Waals surface area contributed by atoms with Crippen molar-refractivity contribution in [3.05, 3.63) is 47.9 Å². The van der Waals surface area contributed by atoms with E-state index in [0.717, 1.165) is 5.56 Å². The Kier molecular flexibility index (Phi) is 6.44. The Balaban J connectivity index is 2.14. The van der Waals surface area contributed by atoms with Crippen molar-refractivity contribution in [3.63, 3.8) is 0 Å². The van der Waals surface area contributed by atoms with Crippen LogP contribution in [-0.4, -0.2) is 27.5 Å². The van der Waals surface area contributed by atoms with E-state index in [1.165, 1.54) is 20.3 Å². The van der Waals surface area contributed by atoms with Gasteiger partial charge in [-0.25, -0.2) is 8.42 Å². The van der Waals surface area contributed by atoms with Gasteiger partial charge in [0.05, 0.1) is 26.0 Å². The maximum absolute atomic E-state index is 12.7. The molecule has 0 spiro atoms. The van der Waals surface area contributed by atoms with Crippen molar-refractivity contribution in [2.24, 2.45) is 0 Å². The zero-order valence-electron chi connectivity index (χ0n) is 15.3. The molecule has 0 aliphatic carbocycles. The molecule has 8 heteroatoms. The maximum Gasteiger partial charge on any atom is 0.244 e. The van der Waals surface area contributed by atoms with E-state index in [4.69, 9.17) is 9.15 Å². The highest BCUT2D eigenvalue weighted by Crippen LogP contribution is 2.28. The fourth-order valence-electron chi connectivity index (χ4n) is 2.35. The average molecular weight is 380 g/mol. The summed E-state index contributed by atoms with van der Waals surface area (Å²) in [4.78, 5) is 12.2. The predicted octanol–water partition coefficient (Wildman–Crippen LogP) is 2.39. The van der Waals surface area contributed by atoms with E-state index in [2.05, 4.69) is 10.0 Å². The molecule has 1 heterocycles. The summed E-state index contributed by atoms with van der Waals surface area (Å²) in [5.41, 5.74) is 0.862. The Labute approximate surface area is 153 Å². The van der Waals surface area contributed by atoms with Gasteiger partial charge in [0.2, 0.25) is 15.9 Å². The number of furan rings is 1. The lowest BCUT2D eigenvalue weighted by Gasteiger charge is -2.17. The molecule has 1 unspecified atom stereocenters. The van der Waals surface area contributed by atoms with Crippen LogP contribution < -0.4 is 14.8 Å². The largest absolute Gasteiger partial charge is 0.495 e. The number of hydrogen-bond acceptors (Lipinski definition) is 5. The zero-order chi connectivity index (χ0) is 19.3. The van der Waals surface area contributed by atoms with Crippen LogP contribution in [0.25, 0.3) is 0 Å². The highest BCUT2D eigenvalue weighted by Gasteiger charge is 2.25. The molecule has 2 N–H and O–H groups in total. The van der Waals surface area contributed by atoms with Crippen molar-refractivity contribution in [1.82, 2.24) is 10.0 Å². The van der Waals surface area contributed by atoms with Gasteiger partial charge in [-0.1, -0.05) is 19.9 Å². The SMILES string of the molecule is COc1ccc(C(C)C)cc1S(=O)(=O)NC(C)C(=O)NCc1ccco1. The summed E-state index contributed by atoms with van der Waals surface area (Å²) in [5.74, 6) is 0.512. The Morgan fingerprint density at radius 1 is 1.23 bits per heavy atom. The molecule has 1 amide bonds. The Morgan fingerprint density at radius 3 is 2.54 bits per heavy atom. The van der Waals surface area contributed by atoms with Crippen molar-refractivity contribution in [2.75, 3.05) is 7.11 Å². The van der Waals surface area contributed by atoms with Crippen molar-refractivity contribution in [3.8, 4) is 5.75 Å². The van der Waals surface area contributed by atoms with Crippen LogP contribution in [0.15, 0.2) is 45.9 Å². The standard InChI is InChI=1S/C18H24N2O5S/c1-12(2)14-7-8-16(24-4)17(10-14)26(22,23)20-13(3)18(21)19-11-15-6-5-9-25-15/h5-10,12-13,20H,11H2,1-4H3,(H,19,21). The number of hydrogen-bond donors (Lipinski definition) is 2. The summed E-state index contributed by atoms with van der Waals surface area (Å²) in [5, 5.41) is 2.63. The van der Waals surface area contributed by atoms with E-state index in [-0.39, 0.29) is 23.1 Å². The van der Waals surface area contributed by atoms with Crippen LogP contribution in [0.3, 0.4) is 0 Å². The lowest BCUT2D eigenvalue weighted by molar-refractivity contribution is -0.122. The first-order valence-corrected chi connectivity index (χ1v) is 9.73. The number of ether oxygens (including phenoxy) is 1. The molecule has 0 fully saturated rings. The fraction of sp³-hybridized carbons (Fsp3) is 0.389. The van der Waals surface area contributed by atoms with Gasteiger partial charge in [0, 0.05) is 0 Å². The average Bonchev–Trinajstić information content (AvgIpc) is 3.12. The van der Waals surface area contributed by atoms with Crippen molar-refractivity contribution in [1.29, 1.82) is 0 Å². The summed E-state index contributed by atoms with van der Waals surface area (Å²) in [7, 11) is -2.53. The lowest BCUT2D eigenvalue weighted by Crippen LogP contribution is -2.44. The molecule has 7 nitrogen and oxygen atoms in total. The quantitative estimate of drug-likeness (QED) is 0.733. The zero-order valence-corrected chi connectivity index (χ0v) is 16.1. The summed E-state index contributed by atoms with van der Waals surface area (Å²) in [6, 6.07) is 7.48. The monoisotopic (exact) mass is 380 g/mol. The topological polar surface area (TPSA) is 97.6 Å². The van der Waals surface area contributed by atoms with Gasteiger partial charge in [-0.3, -0.25) is 4.79 Å². The minimum atomic E-state index is -3.93. The molecule has 2 aromatic rings. The number of amides is 1. The van der Waals surface area contributed by atoms with E-state index in [0.29, 0.717) is 5.76 Å². The third kappa shape index (κ3) is 4.86. The molecule has 0 saturated carbocycles. The Hall–Kier alpha value is -2.32. The lowest BCUT2D eigenvalue weighted by atomic mass is 10.0. The van der Waals surface area contributed by atoms with Crippen molar-refractivity contribution < 1.29 is 22.4 Å². The highest BCUT2D eigenvalue weighted by atomic mass is 32.2. The van der Waals surface area contributed by atoms with Gasteiger partial charge in [-0.2, -0.15) is 4.72 Å². The fourth-order valence-corrected chi connectivity index (χ4v) is 3.76. The molecule has 0 radical (unpaired) electrons. The molecule has 0 aliphatic rings. The predicted molar refractivity (Wildman–Crippen MR) is 97.4 cm³/mol. The van der Waals surface area contributed by atoms with Crippen LogP contribution >= 0.6 is 0 Å². The van der Waals surface area contributed by atoms with E-state index in [1.807, 2.05) is 19.9 Å². The second-order valence-corrected chi connectivity index (χ2v) is 7.89. The number of sulfonamides is 1. The minimum absolute atomic E-state index is 0.0110. The highest BCUT2D eigenvalue weighted by molar-refractivity contribution is 7.89. The molecule has 0 saturated heterocycles. The van der Waals surface area contributed by atoms with Gasteiger partial charge in [0.25, 0.3) is 0 Å². The van der Waals surface area contributed by atoms with Crippen LogP contribution in [0.1, 0.15) is 38.0 Å². The molecule has 0 bridgehead atoms. The van der Waals surface area contributed by atoms with Crippen LogP contribution in [0.4, 0.5) is 0 Å². The van der Waals surface area contributed by atoms with Crippen molar-refractivity contribution >= 4 is 15.9 Å². The van der Waals surface area contributed by atoms with E-state index in [9.17, 15) is 13.2 Å². The van der Waals surface area contributed by atoms with Gasteiger partial charge in [0.1, 0.15) is 16.4 Å². The summed E-state index contributed by atoms with van der Waals surface area (Å²) in [6.45, 7) is 5.60. The molecular weight excluding hydrogens is 356 g/mol. The second kappa shape index (κ2) is 8.37. The smallest absolute Gasteiger partial charge is 0.244 e. The Morgan fingerprint density at radius 2 is 1.96 bits per heavy atom. The van der Waals surface area contributed by atoms with Crippen LogP contribution in [0.5, 0.6) is 5.75 Å². The van der Waals surface area contributed by atoms with Gasteiger partial charge in [0.15, 0.2) is 0 Å². The number of benzene rings is 1. The number of methoxy groups -OCH3 is 1. The minimum Gasteiger partial charge on any atom is -0.495 e. The summed E-state index contributed by atoms with van der Waals surface area (Å²) in [6.07, 6.45) is 1.50. The molecule has 2 rings (SSSR count). The van der Waals surface area contributed by atoms with Crippen LogP contribution in [0.2, 0.25) is 0 Å². The Bertz CT molecular complexity index is 844. The number of carbonyl (C=O) groups is 1. The van der Waals surface area contributed by atoms with Crippen LogP contribution in [0, 0.1) is 0 Å². The number of nitrogens with one attached hydrogen (secondary N) is 2. The van der Waals surface area contributed by atoms with Gasteiger partial charge in [-0.05, 0) is 42.7 Å². The van der Waals surface area contributed by atoms with Crippen molar-refractivity contribution in [2.45, 2.75) is 44.2 Å². The first-order valence-electron chi connectivity index (χ1n) is 8.25. The molecule has 1 aromatic heterocycles. The molecule has 0 aliphatic heterocycles. The summed E-state index contributed by atoms with van der Waals surface area (Å²) >= 11 is 0. The second-order valence-electron chi connectivity index (χ2n) is 6.21. The molecule has 26 heavy (non-hydrogen) atoms. The normalized spacial score (nSPS) is 12.8. The number of rotatable bonds is 8. The van der Waals surface area contributed by atoms with Gasteiger partial charge < -0.3 is 14.5 Å². The summed E-state index contributed by atoms with van der Waals surface area (Å²) < 4.78 is 38.2. The first kappa shape index (κ1) is 20.0. The van der Waals surface area contributed by atoms with E-state index >= 15 is 0 Å². The van der Waals surface area contributed by atoms with Gasteiger partial charge in [-0.15, -0.1) is 0 Å². The van der Waals surface area contributed by atoms with E-state index < -0.39 is 22.0 Å². The molecule has 142 valence electrons. The van der Waals surface area contributed by atoms with Crippen LogP contribution in [-0.2, 0) is 21.4 Å². The molecule has 1 atom stereocenters. The van der Waals surface area contributed by atoms with Gasteiger partial charge >= 0.3 is 0 Å².